The van der Waals surface area contributed by atoms with Gasteiger partial charge in [-0.3, -0.25) is 4.79 Å². The molecule has 0 heterocycles. The van der Waals surface area contributed by atoms with E-state index < -0.39 is 13.8 Å². The molecule has 1 amide bonds. The van der Waals surface area contributed by atoms with Gasteiger partial charge in [-0.2, -0.15) is 0 Å². The predicted octanol–water partition coefficient (Wildman–Crippen LogP) is 0.0592. The number of hydrogen-bond donors (Lipinski definition) is 4. The SMILES string of the molecule is C[C@H](CCC(=O)NCCP(=O)([O-])O)[C@H]1CC[C@H]2C3[C@H](O)CC4C[C@H](O)CC[C@]4(C)[C@H]3CC[C@]12C.[K+]. The first-order chi connectivity index (χ1) is 15.8. The summed E-state index contributed by atoms with van der Waals surface area (Å²) in [5.41, 5.74) is 0.413. The van der Waals surface area contributed by atoms with E-state index in [2.05, 4.69) is 26.1 Å². The van der Waals surface area contributed by atoms with E-state index in [0.717, 1.165) is 51.4 Å². The number of amides is 1. The van der Waals surface area contributed by atoms with Crippen LogP contribution < -0.4 is 61.6 Å². The summed E-state index contributed by atoms with van der Waals surface area (Å²) >= 11 is 0. The molecule has 0 spiro atoms. The third-order valence-electron chi connectivity index (χ3n) is 11.0. The third-order valence-corrected chi connectivity index (χ3v) is 11.7. The van der Waals surface area contributed by atoms with Crippen LogP contribution in [0.1, 0.15) is 85.0 Å². The Labute approximate surface area is 253 Å². The van der Waals surface area contributed by atoms with Gasteiger partial charge in [-0.1, -0.05) is 20.8 Å². The van der Waals surface area contributed by atoms with Crippen molar-refractivity contribution in [3.8, 4) is 0 Å². The number of aliphatic hydroxyl groups excluding tert-OH is 2. The largest absolute Gasteiger partial charge is 1.00 e. The maximum absolute atomic E-state index is 12.2. The van der Waals surface area contributed by atoms with Gasteiger partial charge in [0.05, 0.1) is 12.2 Å². The van der Waals surface area contributed by atoms with E-state index in [4.69, 9.17) is 4.89 Å². The van der Waals surface area contributed by atoms with Crippen molar-refractivity contribution in [2.75, 3.05) is 12.7 Å². The fourth-order valence-corrected chi connectivity index (χ4v) is 9.55. The topological polar surface area (TPSA) is 130 Å². The minimum absolute atomic E-state index is 0. The van der Waals surface area contributed by atoms with Gasteiger partial charge in [0.25, 0.3) is 0 Å². The molecule has 4 aliphatic rings. The first-order valence-electron chi connectivity index (χ1n) is 13.5. The summed E-state index contributed by atoms with van der Waals surface area (Å²) in [4.78, 5) is 31.9. The number of aliphatic hydroxyl groups is 2. The molecule has 4 N–H and O–H groups in total. The molecule has 0 aliphatic heterocycles. The smallest absolute Gasteiger partial charge is 0.779 e. The molecular weight excluding hydrogens is 492 g/mol. The van der Waals surface area contributed by atoms with E-state index in [0.29, 0.717) is 41.9 Å². The van der Waals surface area contributed by atoms with Gasteiger partial charge in [0, 0.05) is 19.1 Å². The molecular formula is C26H45KNO6P. The minimum atomic E-state index is -4.33. The van der Waals surface area contributed by atoms with Crippen LogP contribution in [0.15, 0.2) is 0 Å². The first-order valence-corrected chi connectivity index (χ1v) is 15.3. The molecule has 9 heteroatoms. The Morgan fingerprint density at radius 2 is 1.74 bits per heavy atom. The molecule has 196 valence electrons. The van der Waals surface area contributed by atoms with Gasteiger partial charge in [-0.15, -0.1) is 0 Å². The summed E-state index contributed by atoms with van der Waals surface area (Å²) in [6, 6.07) is 0. The van der Waals surface area contributed by atoms with E-state index in [1.807, 2.05) is 0 Å². The second-order valence-corrected chi connectivity index (χ2v) is 14.4. The number of fused-ring (bicyclic) bond motifs is 5. The normalized spacial score (nSPS) is 45.2. The van der Waals surface area contributed by atoms with E-state index >= 15 is 0 Å². The zero-order chi connectivity index (χ0) is 24.9. The number of carbonyl (C=O) groups is 1. The van der Waals surface area contributed by atoms with Crippen LogP contribution in [0.2, 0.25) is 0 Å². The van der Waals surface area contributed by atoms with Crippen LogP contribution in [0, 0.1) is 46.3 Å². The Kier molecular flexibility index (Phi) is 10.3. The van der Waals surface area contributed by atoms with Crippen molar-refractivity contribution in [3.63, 3.8) is 0 Å². The van der Waals surface area contributed by atoms with Crippen LogP contribution >= 0.6 is 7.60 Å². The van der Waals surface area contributed by atoms with Gasteiger partial charge >= 0.3 is 51.4 Å². The van der Waals surface area contributed by atoms with Gasteiger partial charge in [-0.05, 0) is 104 Å². The quantitative estimate of drug-likeness (QED) is 0.269. The summed E-state index contributed by atoms with van der Waals surface area (Å²) in [6.07, 6.45) is 8.45. The molecule has 7 nitrogen and oxygen atoms in total. The summed E-state index contributed by atoms with van der Waals surface area (Å²) in [5.74, 6) is 2.57. The molecule has 4 fully saturated rings. The second-order valence-electron chi connectivity index (χ2n) is 12.7. The number of carbonyl (C=O) groups excluding carboxylic acids is 1. The van der Waals surface area contributed by atoms with Crippen LogP contribution in [0.25, 0.3) is 0 Å². The van der Waals surface area contributed by atoms with E-state index in [1.54, 1.807) is 0 Å². The zero-order valence-corrected chi connectivity index (χ0v) is 26.1. The molecule has 4 rings (SSSR count). The van der Waals surface area contributed by atoms with Crippen LogP contribution in [0.5, 0.6) is 0 Å². The Morgan fingerprint density at radius 3 is 2.43 bits per heavy atom. The van der Waals surface area contributed by atoms with Crippen molar-refractivity contribution < 1.29 is 80.7 Å². The maximum atomic E-state index is 12.2. The summed E-state index contributed by atoms with van der Waals surface area (Å²) in [7, 11) is -4.33. The van der Waals surface area contributed by atoms with Crippen LogP contribution in [-0.2, 0) is 9.36 Å². The van der Waals surface area contributed by atoms with Gasteiger partial charge in [-0.25, -0.2) is 0 Å². The monoisotopic (exact) mass is 537 g/mol. The fourth-order valence-electron chi connectivity index (χ4n) is 9.16. The third kappa shape index (κ3) is 6.34. The molecule has 0 bridgehead atoms. The maximum Gasteiger partial charge on any atom is 1.00 e. The number of rotatable bonds is 7. The number of hydrogen-bond acceptors (Lipinski definition) is 5. The molecule has 0 radical (unpaired) electrons. The van der Waals surface area contributed by atoms with Crippen molar-refractivity contribution in [2.45, 2.75) is 97.2 Å². The molecule has 0 aromatic heterocycles. The van der Waals surface area contributed by atoms with Crippen molar-refractivity contribution in [1.29, 1.82) is 0 Å². The summed E-state index contributed by atoms with van der Waals surface area (Å²) in [6.45, 7) is 7.06. The van der Waals surface area contributed by atoms with Crippen molar-refractivity contribution in [2.24, 2.45) is 46.3 Å². The summed E-state index contributed by atoms with van der Waals surface area (Å²) in [5, 5.41) is 24.2. The second kappa shape index (κ2) is 11.7. The molecule has 35 heavy (non-hydrogen) atoms. The Hall–Kier alpha value is 1.18. The van der Waals surface area contributed by atoms with E-state index in [1.165, 1.54) is 6.42 Å². The van der Waals surface area contributed by atoms with Crippen molar-refractivity contribution >= 4 is 13.5 Å². The Morgan fingerprint density at radius 1 is 1.09 bits per heavy atom. The summed E-state index contributed by atoms with van der Waals surface area (Å²) < 4.78 is 10.9. The molecule has 0 saturated heterocycles. The molecule has 0 aromatic rings. The van der Waals surface area contributed by atoms with Crippen LogP contribution in [0.3, 0.4) is 0 Å². The Bertz CT molecular complexity index is 809. The van der Waals surface area contributed by atoms with Crippen molar-refractivity contribution in [1.82, 2.24) is 5.32 Å². The first kappa shape index (κ1) is 30.7. The zero-order valence-electron chi connectivity index (χ0n) is 22.1. The average Bonchev–Trinajstić information content (AvgIpc) is 3.09. The van der Waals surface area contributed by atoms with Crippen molar-refractivity contribution in [3.05, 3.63) is 0 Å². The predicted molar refractivity (Wildman–Crippen MR) is 129 cm³/mol. The molecule has 11 atom stereocenters. The van der Waals surface area contributed by atoms with Gasteiger partial charge in [0.2, 0.25) is 5.91 Å². The standard InChI is InChI=1S/C26H46NO6P.K/c1-16(4-7-23(30)27-12-13-34(31,32)33)19-5-6-20-24-21(9-11-26(19,20)3)25(2)10-8-18(28)14-17(25)15-22(24)29;/h16-22,24,28-29H,4-15H2,1-3H3,(H,27,30)(H2,31,32,33);/q;+1/p-1/t16-,17?,18-,19-,20+,21+,22-,24?,25+,26-;/m1./s1. The minimum Gasteiger partial charge on any atom is -0.779 e. The van der Waals surface area contributed by atoms with Gasteiger partial charge < -0.3 is 29.9 Å². The molecule has 4 aliphatic carbocycles. The van der Waals surface area contributed by atoms with Gasteiger partial charge in [0.1, 0.15) is 7.60 Å². The van der Waals surface area contributed by atoms with Gasteiger partial charge in [0.15, 0.2) is 0 Å². The fraction of sp³-hybridized carbons (Fsp3) is 0.962. The van der Waals surface area contributed by atoms with Crippen LogP contribution in [0.4, 0.5) is 0 Å². The number of nitrogens with one attached hydrogen (secondary N) is 1. The van der Waals surface area contributed by atoms with E-state index in [9.17, 15) is 24.5 Å². The molecule has 0 aromatic carbocycles. The van der Waals surface area contributed by atoms with E-state index in [-0.39, 0.29) is 86.9 Å². The average molecular weight is 538 g/mol. The molecule has 3 unspecified atom stereocenters. The van der Waals surface area contributed by atoms with Crippen LogP contribution in [-0.4, -0.2) is 45.9 Å². The molecule has 4 saturated carbocycles. The Balaban J connectivity index is 0.00000342.